The summed E-state index contributed by atoms with van der Waals surface area (Å²) >= 11 is 3.34. The fraction of sp³-hybridized carbons (Fsp3) is 0.200. The molecule has 0 radical (unpaired) electrons. The number of sulfonamides is 1. The smallest absolute Gasteiger partial charge is 0.242 e. The molecular weight excluding hydrogens is 430 g/mol. The minimum absolute atomic E-state index is 0.000781. The predicted molar refractivity (Wildman–Crippen MR) is 109 cm³/mol. The Balaban J connectivity index is 1.65. The topological polar surface area (TPSA) is 66.8 Å². The number of likely N-dealkylation sites (N-methyl/N-ethyl adjacent to an activating group) is 1. The van der Waals surface area contributed by atoms with Crippen LogP contribution in [0.2, 0.25) is 0 Å². The fourth-order valence-corrected chi connectivity index (χ4v) is 4.19. The number of halogens is 1. The molecule has 27 heavy (non-hydrogen) atoms. The van der Waals surface area contributed by atoms with Gasteiger partial charge in [-0.1, -0.05) is 46.3 Å². The standard InChI is InChI=1S/C20H20BrNO4S/c1-22(13-18(23)14-26-19-9-7-17(21)8-10-19)27(24,25)20-11-6-15-4-2-3-5-16(15)12-20/h2-12,18,23H,13-14H2,1H3/t18-/m0/s1. The molecule has 0 bridgehead atoms. The van der Waals surface area contributed by atoms with E-state index >= 15 is 0 Å². The average Bonchev–Trinajstić information content (AvgIpc) is 2.67. The van der Waals surface area contributed by atoms with Gasteiger partial charge in [-0.2, -0.15) is 4.31 Å². The van der Waals surface area contributed by atoms with Crippen molar-refractivity contribution >= 4 is 36.7 Å². The van der Waals surface area contributed by atoms with Gasteiger partial charge >= 0.3 is 0 Å². The van der Waals surface area contributed by atoms with Crippen LogP contribution in [0.3, 0.4) is 0 Å². The molecule has 0 fully saturated rings. The van der Waals surface area contributed by atoms with Gasteiger partial charge in [-0.25, -0.2) is 8.42 Å². The summed E-state index contributed by atoms with van der Waals surface area (Å²) in [7, 11) is -2.25. The van der Waals surface area contributed by atoms with Crippen molar-refractivity contribution in [2.45, 2.75) is 11.0 Å². The summed E-state index contributed by atoms with van der Waals surface area (Å²) < 4.78 is 33.2. The summed E-state index contributed by atoms with van der Waals surface area (Å²) in [6.45, 7) is -0.0646. The highest BCUT2D eigenvalue weighted by Gasteiger charge is 2.23. The van der Waals surface area contributed by atoms with Crippen molar-refractivity contribution in [3.63, 3.8) is 0 Å². The second kappa shape index (κ2) is 8.39. The SMILES string of the molecule is CN(C[C@H](O)COc1ccc(Br)cc1)S(=O)(=O)c1ccc2ccccc2c1. The van der Waals surface area contributed by atoms with Gasteiger partial charge in [-0.05, 0) is 47.2 Å². The maximum absolute atomic E-state index is 12.8. The van der Waals surface area contributed by atoms with Crippen LogP contribution in [0, 0.1) is 0 Å². The molecule has 0 aliphatic rings. The van der Waals surface area contributed by atoms with Gasteiger partial charge in [0.2, 0.25) is 10.0 Å². The maximum atomic E-state index is 12.8. The number of hydrogen-bond donors (Lipinski definition) is 1. The molecular formula is C20H20BrNO4S. The Kier molecular flexibility index (Phi) is 6.16. The van der Waals surface area contributed by atoms with Crippen LogP contribution in [-0.4, -0.2) is 44.1 Å². The number of aliphatic hydroxyl groups is 1. The molecule has 0 aliphatic carbocycles. The minimum atomic E-state index is -3.70. The number of nitrogens with zero attached hydrogens (tertiary/aromatic N) is 1. The summed E-state index contributed by atoms with van der Waals surface area (Å²) in [6, 6.07) is 19.8. The van der Waals surface area contributed by atoms with Crippen molar-refractivity contribution in [2.24, 2.45) is 0 Å². The van der Waals surface area contributed by atoms with E-state index in [9.17, 15) is 13.5 Å². The predicted octanol–water partition coefficient (Wildman–Crippen LogP) is 3.66. The van der Waals surface area contributed by atoms with Crippen LogP contribution < -0.4 is 4.74 Å². The van der Waals surface area contributed by atoms with Crippen molar-refractivity contribution in [1.82, 2.24) is 4.31 Å². The zero-order chi connectivity index (χ0) is 19.4. The molecule has 3 rings (SSSR count). The first-order valence-electron chi connectivity index (χ1n) is 8.38. The van der Waals surface area contributed by atoms with Crippen LogP contribution in [-0.2, 0) is 10.0 Å². The van der Waals surface area contributed by atoms with Crippen LogP contribution in [0.15, 0.2) is 76.1 Å². The molecule has 7 heteroatoms. The van der Waals surface area contributed by atoms with Gasteiger partial charge in [-0.15, -0.1) is 0 Å². The summed E-state index contributed by atoms with van der Waals surface area (Å²) in [6.07, 6.45) is -0.950. The lowest BCUT2D eigenvalue weighted by atomic mass is 10.1. The largest absolute Gasteiger partial charge is 0.491 e. The quantitative estimate of drug-likeness (QED) is 0.597. The molecule has 0 aliphatic heterocycles. The van der Waals surface area contributed by atoms with E-state index in [1.807, 2.05) is 36.4 Å². The number of aliphatic hydroxyl groups excluding tert-OH is 1. The third kappa shape index (κ3) is 4.87. The molecule has 0 saturated heterocycles. The number of fused-ring (bicyclic) bond motifs is 1. The summed E-state index contributed by atoms with van der Waals surface area (Å²) in [5.74, 6) is 0.609. The van der Waals surface area contributed by atoms with Gasteiger partial charge in [0.1, 0.15) is 18.5 Å². The second-order valence-corrected chi connectivity index (χ2v) is 9.17. The van der Waals surface area contributed by atoms with Gasteiger partial charge in [0, 0.05) is 18.1 Å². The van der Waals surface area contributed by atoms with Crippen molar-refractivity contribution in [3.05, 3.63) is 71.2 Å². The molecule has 3 aromatic carbocycles. The van der Waals surface area contributed by atoms with E-state index in [2.05, 4.69) is 15.9 Å². The highest BCUT2D eigenvalue weighted by atomic mass is 79.9. The van der Waals surface area contributed by atoms with Crippen molar-refractivity contribution in [1.29, 1.82) is 0 Å². The Morgan fingerprint density at radius 2 is 1.70 bits per heavy atom. The number of hydrogen-bond acceptors (Lipinski definition) is 4. The van der Waals surface area contributed by atoms with Crippen LogP contribution in [0.25, 0.3) is 10.8 Å². The van der Waals surface area contributed by atoms with E-state index in [0.717, 1.165) is 19.6 Å². The Morgan fingerprint density at radius 1 is 1.04 bits per heavy atom. The third-order valence-corrected chi connectivity index (χ3v) is 6.50. The molecule has 0 unspecified atom stereocenters. The third-order valence-electron chi connectivity index (χ3n) is 4.15. The lowest BCUT2D eigenvalue weighted by molar-refractivity contribution is 0.0935. The summed E-state index contributed by atoms with van der Waals surface area (Å²) in [5, 5.41) is 12.0. The first-order chi connectivity index (χ1) is 12.9. The molecule has 1 atom stereocenters. The molecule has 0 spiro atoms. The zero-order valence-corrected chi connectivity index (χ0v) is 17.2. The van der Waals surface area contributed by atoms with Crippen molar-refractivity contribution < 1.29 is 18.3 Å². The highest BCUT2D eigenvalue weighted by Crippen LogP contribution is 2.21. The van der Waals surface area contributed by atoms with Gasteiger partial charge < -0.3 is 9.84 Å². The fourth-order valence-electron chi connectivity index (χ4n) is 2.68. The Labute approximate surface area is 167 Å². The van der Waals surface area contributed by atoms with Crippen molar-refractivity contribution in [3.8, 4) is 5.75 Å². The van der Waals surface area contributed by atoms with E-state index < -0.39 is 16.1 Å². The summed E-state index contributed by atoms with van der Waals surface area (Å²) in [4.78, 5) is 0.199. The van der Waals surface area contributed by atoms with Crippen LogP contribution >= 0.6 is 15.9 Å². The molecule has 0 amide bonds. The van der Waals surface area contributed by atoms with E-state index in [0.29, 0.717) is 5.75 Å². The van der Waals surface area contributed by atoms with E-state index in [4.69, 9.17) is 4.74 Å². The van der Waals surface area contributed by atoms with E-state index in [1.54, 1.807) is 30.3 Å². The molecule has 5 nitrogen and oxygen atoms in total. The minimum Gasteiger partial charge on any atom is -0.491 e. The van der Waals surface area contributed by atoms with Gasteiger partial charge in [0.05, 0.1) is 4.90 Å². The molecule has 142 valence electrons. The molecule has 1 N–H and O–H groups in total. The van der Waals surface area contributed by atoms with Crippen LogP contribution in [0.1, 0.15) is 0 Å². The Hall–Kier alpha value is -1.93. The first-order valence-corrected chi connectivity index (χ1v) is 10.6. The average molecular weight is 450 g/mol. The Morgan fingerprint density at radius 3 is 2.41 bits per heavy atom. The summed E-state index contributed by atoms with van der Waals surface area (Å²) in [5.41, 5.74) is 0. The highest BCUT2D eigenvalue weighted by molar-refractivity contribution is 9.10. The van der Waals surface area contributed by atoms with Crippen molar-refractivity contribution in [2.75, 3.05) is 20.2 Å². The Bertz CT molecular complexity index is 1020. The molecule has 0 aromatic heterocycles. The molecule has 0 saturated carbocycles. The monoisotopic (exact) mass is 449 g/mol. The zero-order valence-electron chi connectivity index (χ0n) is 14.7. The normalized spacial score (nSPS) is 13.0. The van der Waals surface area contributed by atoms with Gasteiger partial charge in [0.15, 0.2) is 0 Å². The van der Waals surface area contributed by atoms with Gasteiger partial charge in [-0.3, -0.25) is 0 Å². The second-order valence-electron chi connectivity index (χ2n) is 6.21. The number of ether oxygens (including phenoxy) is 1. The number of benzene rings is 3. The lowest BCUT2D eigenvalue weighted by Gasteiger charge is -2.21. The maximum Gasteiger partial charge on any atom is 0.242 e. The van der Waals surface area contributed by atoms with E-state index in [1.165, 1.54) is 7.05 Å². The number of rotatable bonds is 7. The van der Waals surface area contributed by atoms with Crippen LogP contribution in [0.5, 0.6) is 5.75 Å². The molecule has 3 aromatic rings. The van der Waals surface area contributed by atoms with Crippen LogP contribution in [0.4, 0.5) is 0 Å². The molecule has 0 heterocycles. The van der Waals surface area contributed by atoms with E-state index in [-0.39, 0.29) is 18.0 Å². The van der Waals surface area contributed by atoms with Gasteiger partial charge in [0.25, 0.3) is 0 Å². The lowest BCUT2D eigenvalue weighted by Crippen LogP contribution is -2.37. The first kappa shape index (κ1) is 19.8.